The fourth-order valence-electron chi connectivity index (χ4n) is 3.46. The SMILES string of the molecule is COc1ccc(C2(O)CC3CCCC(C2)S3(=O)=O)cn1. The van der Waals surface area contributed by atoms with E-state index >= 15 is 0 Å². The van der Waals surface area contributed by atoms with Gasteiger partial charge in [0.2, 0.25) is 5.88 Å². The van der Waals surface area contributed by atoms with Crippen LogP contribution in [0.1, 0.15) is 37.7 Å². The van der Waals surface area contributed by atoms with Crippen molar-refractivity contribution in [3.05, 3.63) is 23.9 Å². The summed E-state index contributed by atoms with van der Waals surface area (Å²) in [5.74, 6) is 0.487. The fourth-order valence-corrected chi connectivity index (χ4v) is 6.01. The minimum absolute atomic E-state index is 0.278. The lowest BCUT2D eigenvalue weighted by Crippen LogP contribution is -2.50. The topological polar surface area (TPSA) is 76.5 Å². The second-order valence-corrected chi connectivity index (χ2v) is 8.30. The third-order valence-corrected chi connectivity index (χ3v) is 7.26. The molecule has 2 bridgehead atoms. The van der Waals surface area contributed by atoms with E-state index < -0.39 is 25.9 Å². The van der Waals surface area contributed by atoms with Crippen molar-refractivity contribution >= 4 is 9.84 Å². The second-order valence-electron chi connectivity index (χ2n) is 5.79. The first-order valence-corrected chi connectivity index (χ1v) is 8.52. The zero-order valence-electron chi connectivity index (χ0n) is 11.4. The molecule has 0 aromatic carbocycles. The van der Waals surface area contributed by atoms with Crippen LogP contribution in [0.15, 0.2) is 18.3 Å². The van der Waals surface area contributed by atoms with Crippen molar-refractivity contribution in [3.8, 4) is 5.88 Å². The van der Waals surface area contributed by atoms with Gasteiger partial charge in [0, 0.05) is 17.8 Å². The number of pyridine rings is 1. The molecule has 0 saturated carbocycles. The number of ether oxygens (including phenoxy) is 1. The molecular formula is C14H19NO4S. The normalized spacial score (nSPS) is 35.5. The highest BCUT2D eigenvalue weighted by atomic mass is 32.2. The molecule has 2 unspecified atom stereocenters. The van der Waals surface area contributed by atoms with Gasteiger partial charge in [0.1, 0.15) is 0 Å². The predicted molar refractivity (Wildman–Crippen MR) is 74.3 cm³/mol. The Hall–Kier alpha value is -1.14. The van der Waals surface area contributed by atoms with Gasteiger partial charge in [-0.3, -0.25) is 0 Å². The van der Waals surface area contributed by atoms with Crippen molar-refractivity contribution in [2.45, 2.75) is 48.2 Å². The monoisotopic (exact) mass is 297 g/mol. The molecule has 3 heterocycles. The van der Waals surface area contributed by atoms with Crippen LogP contribution in [0.25, 0.3) is 0 Å². The summed E-state index contributed by atoms with van der Waals surface area (Å²) in [5.41, 5.74) is -0.398. The lowest BCUT2D eigenvalue weighted by molar-refractivity contribution is 0.00465. The van der Waals surface area contributed by atoms with Crippen LogP contribution in [0, 0.1) is 0 Å². The van der Waals surface area contributed by atoms with Crippen LogP contribution < -0.4 is 4.74 Å². The fraction of sp³-hybridized carbons (Fsp3) is 0.643. The zero-order valence-corrected chi connectivity index (χ0v) is 12.3. The molecule has 1 aromatic rings. The maximum Gasteiger partial charge on any atom is 0.212 e. The van der Waals surface area contributed by atoms with Gasteiger partial charge in [0.15, 0.2) is 9.84 Å². The number of fused-ring (bicyclic) bond motifs is 2. The molecule has 0 spiro atoms. The lowest BCUT2D eigenvalue weighted by Gasteiger charge is -2.43. The summed E-state index contributed by atoms with van der Waals surface area (Å²) in [5, 5.41) is 10.1. The molecule has 0 radical (unpaired) electrons. The Labute approximate surface area is 118 Å². The molecule has 1 aromatic heterocycles. The number of nitrogens with zero attached hydrogens (tertiary/aromatic N) is 1. The van der Waals surface area contributed by atoms with Crippen LogP contribution in [0.4, 0.5) is 0 Å². The highest BCUT2D eigenvalue weighted by Gasteiger charge is 2.51. The predicted octanol–water partition coefficient (Wildman–Crippen LogP) is 1.41. The Morgan fingerprint density at radius 2 is 1.95 bits per heavy atom. The van der Waals surface area contributed by atoms with Crippen LogP contribution in [-0.2, 0) is 15.4 Å². The lowest BCUT2D eigenvalue weighted by atomic mass is 9.81. The second kappa shape index (κ2) is 4.70. The Bertz CT molecular complexity index is 576. The molecule has 0 amide bonds. The van der Waals surface area contributed by atoms with Crippen molar-refractivity contribution in [1.29, 1.82) is 0 Å². The van der Waals surface area contributed by atoms with Crippen LogP contribution in [0.2, 0.25) is 0 Å². The minimum Gasteiger partial charge on any atom is -0.481 e. The maximum absolute atomic E-state index is 12.3. The number of rotatable bonds is 2. The number of sulfone groups is 1. The van der Waals surface area contributed by atoms with E-state index in [0.29, 0.717) is 24.3 Å². The third kappa shape index (κ3) is 2.11. The molecule has 2 aliphatic heterocycles. The Balaban J connectivity index is 1.93. The summed E-state index contributed by atoms with van der Waals surface area (Å²) < 4.78 is 29.5. The summed E-state index contributed by atoms with van der Waals surface area (Å²) in [6.07, 6.45) is 4.40. The van der Waals surface area contributed by atoms with E-state index in [-0.39, 0.29) is 12.8 Å². The summed E-state index contributed by atoms with van der Waals surface area (Å²) in [6, 6.07) is 3.48. The molecule has 1 N–H and O–H groups in total. The zero-order chi connectivity index (χ0) is 14.4. The largest absolute Gasteiger partial charge is 0.481 e. The van der Waals surface area contributed by atoms with Crippen molar-refractivity contribution in [1.82, 2.24) is 4.98 Å². The first-order valence-electron chi connectivity index (χ1n) is 6.91. The first-order chi connectivity index (χ1) is 9.45. The summed E-state index contributed by atoms with van der Waals surface area (Å²) in [7, 11) is -1.53. The number of hydrogen-bond donors (Lipinski definition) is 1. The average Bonchev–Trinajstić information content (AvgIpc) is 2.41. The van der Waals surface area contributed by atoms with Gasteiger partial charge in [0.25, 0.3) is 0 Å². The first kappa shape index (κ1) is 13.8. The van der Waals surface area contributed by atoms with Crippen molar-refractivity contribution in [2.24, 2.45) is 0 Å². The molecule has 2 aliphatic rings. The van der Waals surface area contributed by atoms with Gasteiger partial charge in [-0.05, 0) is 31.7 Å². The van der Waals surface area contributed by atoms with Crippen LogP contribution in [0.5, 0.6) is 5.88 Å². The number of aliphatic hydroxyl groups is 1. The van der Waals surface area contributed by atoms with Gasteiger partial charge in [-0.25, -0.2) is 13.4 Å². The number of hydrogen-bond acceptors (Lipinski definition) is 5. The molecular weight excluding hydrogens is 278 g/mol. The van der Waals surface area contributed by atoms with Gasteiger partial charge in [-0.15, -0.1) is 0 Å². The van der Waals surface area contributed by atoms with E-state index in [4.69, 9.17) is 4.74 Å². The van der Waals surface area contributed by atoms with E-state index in [9.17, 15) is 13.5 Å². The minimum atomic E-state index is -3.06. The molecule has 2 fully saturated rings. The van der Waals surface area contributed by atoms with E-state index in [2.05, 4.69) is 4.98 Å². The summed E-state index contributed by atoms with van der Waals surface area (Å²) >= 11 is 0. The Morgan fingerprint density at radius 3 is 2.45 bits per heavy atom. The highest BCUT2D eigenvalue weighted by molar-refractivity contribution is 7.92. The van der Waals surface area contributed by atoms with E-state index in [1.54, 1.807) is 18.3 Å². The summed E-state index contributed by atoms with van der Waals surface area (Å²) in [4.78, 5) is 4.12. The molecule has 2 saturated heterocycles. The smallest absolute Gasteiger partial charge is 0.212 e. The standard InChI is InChI=1S/C14H19NO4S/c1-19-13-6-5-10(9-15-13)14(16)7-11-3-2-4-12(8-14)20(11,17)18/h5-6,9,11-12,16H,2-4,7-8H2,1H3. The number of aromatic nitrogens is 1. The van der Waals surface area contributed by atoms with Gasteiger partial charge in [-0.1, -0.05) is 6.42 Å². The van der Waals surface area contributed by atoms with E-state index in [1.165, 1.54) is 7.11 Å². The van der Waals surface area contributed by atoms with Gasteiger partial charge in [0.05, 0.1) is 23.2 Å². The van der Waals surface area contributed by atoms with Gasteiger partial charge >= 0.3 is 0 Å². The van der Waals surface area contributed by atoms with Crippen LogP contribution >= 0.6 is 0 Å². The van der Waals surface area contributed by atoms with Crippen molar-refractivity contribution in [2.75, 3.05) is 7.11 Å². The molecule has 3 rings (SSSR count). The van der Waals surface area contributed by atoms with Crippen LogP contribution in [-0.4, -0.2) is 36.1 Å². The molecule has 20 heavy (non-hydrogen) atoms. The van der Waals surface area contributed by atoms with Crippen molar-refractivity contribution < 1.29 is 18.3 Å². The molecule has 0 aliphatic carbocycles. The average molecular weight is 297 g/mol. The maximum atomic E-state index is 12.3. The van der Waals surface area contributed by atoms with E-state index in [0.717, 1.165) is 6.42 Å². The molecule has 110 valence electrons. The molecule has 5 nitrogen and oxygen atoms in total. The quantitative estimate of drug-likeness (QED) is 0.893. The molecule has 6 heteroatoms. The number of methoxy groups -OCH3 is 1. The Morgan fingerprint density at radius 1 is 1.30 bits per heavy atom. The van der Waals surface area contributed by atoms with Crippen LogP contribution in [0.3, 0.4) is 0 Å². The van der Waals surface area contributed by atoms with Gasteiger partial charge < -0.3 is 9.84 Å². The highest BCUT2D eigenvalue weighted by Crippen LogP contribution is 2.45. The summed E-state index contributed by atoms with van der Waals surface area (Å²) in [6.45, 7) is 0. The van der Waals surface area contributed by atoms with Crippen molar-refractivity contribution in [3.63, 3.8) is 0 Å². The van der Waals surface area contributed by atoms with E-state index in [1.807, 2.05) is 0 Å². The third-order valence-electron chi connectivity index (χ3n) is 4.59. The Kier molecular flexibility index (Phi) is 3.25. The molecule has 2 atom stereocenters. The van der Waals surface area contributed by atoms with Gasteiger partial charge in [-0.2, -0.15) is 0 Å².